The van der Waals surface area contributed by atoms with Crippen LogP contribution in [0.5, 0.6) is 0 Å². The van der Waals surface area contributed by atoms with Gasteiger partial charge in [0, 0.05) is 13.1 Å². The van der Waals surface area contributed by atoms with E-state index >= 15 is 0 Å². The van der Waals surface area contributed by atoms with Crippen LogP contribution in [0.3, 0.4) is 0 Å². The van der Waals surface area contributed by atoms with Crippen molar-refractivity contribution in [1.29, 1.82) is 0 Å². The monoisotopic (exact) mass is 142 g/mol. The first-order valence-electron chi connectivity index (χ1n) is 3.95. The average Bonchev–Trinajstić information content (AvgIpc) is 1.79. The maximum atomic E-state index is 3.45. The summed E-state index contributed by atoms with van der Waals surface area (Å²) in [5, 5.41) is 3.45. The first-order valence-corrected chi connectivity index (χ1v) is 3.95. The highest BCUT2D eigenvalue weighted by Crippen LogP contribution is 2.19. The van der Waals surface area contributed by atoms with Crippen molar-refractivity contribution in [3.05, 3.63) is 0 Å². The van der Waals surface area contributed by atoms with E-state index in [-0.39, 0.29) is 0 Å². The van der Waals surface area contributed by atoms with Gasteiger partial charge < -0.3 is 5.32 Å². The molecule has 0 bridgehead atoms. The Balaban J connectivity index is 2.49. The number of hydrogen-bond donors (Lipinski definition) is 1. The molecule has 1 aliphatic rings. The second-order valence-electron chi connectivity index (χ2n) is 4.14. The molecule has 1 aliphatic heterocycles. The lowest BCUT2D eigenvalue weighted by atomic mass is 9.91. The lowest BCUT2D eigenvalue weighted by Crippen LogP contribution is -2.55. The largest absolute Gasteiger partial charge is 0.301 e. The molecule has 1 heterocycles. The van der Waals surface area contributed by atoms with E-state index < -0.39 is 0 Å². The van der Waals surface area contributed by atoms with Crippen molar-refractivity contribution < 1.29 is 0 Å². The molecular weight excluding hydrogens is 124 g/mol. The smallest absolute Gasteiger partial charge is 0.0565 e. The molecule has 0 spiro atoms. The van der Waals surface area contributed by atoms with Crippen molar-refractivity contribution in [1.82, 2.24) is 10.2 Å². The molecular formula is C8H18N2. The second kappa shape index (κ2) is 2.51. The summed E-state index contributed by atoms with van der Waals surface area (Å²) in [7, 11) is 2.17. The van der Waals surface area contributed by atoms with E-state index in [0.29, 0.717) is 11.6 Å². The van der Waals surface area contributed by atoms with Gasteiger partial charge in [-0.3, -0.25) is 4.90 Å². The van der Waals surface area contributed by atoms with Gasteiger partial charge in [0.25, 0.3) is 0 Å². The lowest BCUT2D eigenvalue weighted by Gasteiger charge is -2.41. The zero-order valence-corrected chi connectivity index (χ0v) is 7.44. The van der Waals surface area contributed by atoms with Gasteiger partial charge in [0.2, 0.25) is 0 Å². The summed E-state index contributed by atoms with van der Waals surface area (Å²) in [5.41, 5.74) is 0.446. The number of nitrogens with one attached hydrogen (secondary N) is 1. The lowest BCUT2D eigenvalue weighted by molar-refractivity contribution is 0.0885. The van der Waals surface area contributed by atoms with E-state index in [2.05, 4.69) is 38.0 Å². The Morgan fingerprint density at radius 3 is 2.50 bits per heavy atom. The second-order valence-corrected chi connectivity index (χ2v) is 4.14. The molecule has 0 amide bonds. The molecule has 1 saturated heterocycles. The van der Waals surface area contributed by atoms with Crippen LogP contribution in [-0.4, -0.2) is 31.2 Å². The van der Waals surface area contributed by atoms with E-state index in [1.807, 2.05) is 0 Å². The SMILES string of the molecule is CC1NCC(C)(C)CN1C. The summed E-state index contributed by atoms with van der Waals surface area (Å²) in [5.74, 6) is 0. The van der Waals surface area contributed by atoms with E-state index in [1.54, 1.807) is 0 Å². The van der Waals surface area contributed by atoms with Crippen LogP contribution < -0.4 is 5.32 Å². The molecule has 1 N–H and O–H groups in total. The Morgan fingerprint density at radius 2 is 2.10 bits per heavy atom. The molecule has 2 heteroatoms. The Hall–Kier alpha value is -0.0800. The average molecular weight is 142 g/mol. The van der Waals surface area contributed by atoms with Crippen molar-refractivity contribution in [3.8, 4) is 0 Å². The Labute approximate surface area is 63.6 Å². The number of nitrogens with zero attached hydrogens (tertiary/aromatic N) is 1. The zero-order valence-electron chi connectivity index (χ0n) is 7.44. The molecule has 0 aromatic rings. The van der Waals surface area contributed by atoms with E-state index in [1.165, 1.54) is 6.54 Å². The van der Waals surface area contributed by atoms with Crippen LogP contribution in [0.2, 0.25) is 0 Å². The quantitative estimate of drug-likeness (QED) is 0.540. The summed E-state index contributed by atoms with van der Waals surface area (Å²) in [6, 6.07) is 0. The Bertz CT molecular complexity index is 120. The van der Waals surface area contributed by atoms with Crippen LogP contribution >= 0.6 is 0 Å². The van der Waals surface area contributed by atoms with Crippen molar-refractivity contribution in [2.75, 3.05) is 20.1 Å². The normalized spacial score (nSPS) is 34.2. The fourth-order valence-corrected chi connectivity index (χ4v) is 1.45. The van der Waals surface area contributed by atoms with Crippen LogP contribution in [0.25, 0.3) is 0 Å². The van der Waals surface area contributed by atoms with Crippen LogP contribution in [0.1, 0.15) is 20.8 Å². The molecule has 0 aromatic carbocycles. The van der Waals surface area contributed by atoms with Crippen LogP contribution in [0.4, 0.5) is 0 Å². The molecule has 1 rings (SSSR count). The van der Waals surface area contributed by atoms with Crippen molar-refractivity contribution in [2.24, 2.45) is 5.41 Å². The van der Waals surface area contributed by atoms with Gasteiger partial charge in [-0.1, -0.05) is 13.8 Å². The summed E-state index contributed by atoms with van der Waals surface area (Å²) in [6.07, 6.45) is 0.549. The topological polar surface area (TPSA) is 15.3 Å². The van der Waals surface area contributed by atoms with E-state index in [9.17, 15) is 0 Å². The van der Waals surface area contributed by atoms with Gasteiger partial charge in [-0.25, -0.2) is 0 Å². The minimum absolute atomic E-state index is 0.446. The molecule has 60 valence electrons. The predicted octanol–water partition coefficient (Wildman–Crippen LogP) is 0.894. The molecule has 0 aliphatic carbocycles. The summed E-state index contributed by atoms with van der Waals surface area (Å²) < 4.78 is 0. The van der Waals surface area contributed by atoms with Crippen LogP contribution in [0, 0.1) is 5.41 Å². The molecule has 1 atom stereocenters. The van der Waals surface area contributed by atoms with Gasteiger partial charge in [-0.05, 0) is 19.4 Å². The van der Waals surface area contributed by atoms with Crippen molar-refractivity contribution in [2.45, 2.75) is 26.9 Å². The fourth-order valence-electron chi connectivity index (χ4n) is 1.45. The highest BCUT2D eigenvalue weighted by molar-refractivity contribution is 4.82. The predicted molar refractivity (Wildman–Crippen MR) is 43.9 cm³/mol. The van der Waals surface area contributed by atoms with Gasteiger partial charge >= 0.3 is 0 Å². The minimum Gasteiger partial charge on any atom is -0.301 e. The maximum absolute atomic E-state index is 3.45. The Kier molecular flexibility index (Phi) is 2.02. The van der Waals surface area contributed by atoms with E-state index in [4.69, 9.17) is 0 Å². The number of hydrogen-bond acceptors (Lipinski definition) is 2. The third-order valence-electron chi connectivity index (χ3n) is 2.21. The molecule has 0 radical (unpaired) electrons. The molecule has 1 fully saturated rings. The highest BCUT2D eigenvalue weighted by atomic mass is 15.3. The van der Waals surface area contributed by atoms with Gasteiger partial charge in [-0.2, -0.15) is 0 Å². The van der Waals surface area contributed by atoms with Gasteiger partial charge in [0.15, 0.2) is 0 Å². The summed E-state index contributed by atoms with van der Waals surface area (Å²) in [4.78, 5) is 2.35. The van der Waals surface area contributed by atoms with E-state index in [0.717, 1.165) is 6.54 Å². The zero-order chi connectivity index (χ0) is 7.78. The first-order chi connectivity index (χ1) is 4.51. The molecule has 0 saturated carbocycles. The summed E-state index contributed by atoms with van der Waals surface area (Å²) in [6.45, 7) is 9.12. The fraction of sp³-hybridized carbons (Fsp3) is 1.00. The highest BCUT2D eigenvalue weighted by Gasteiger charge is 2.27. The van der Waals surface area contributed by atoms with Crippen LogP contribution in [0.15, 0.2) is 0 Å². The molecule has 2 nitrogen and oxygen atoms in total. The molecule has 1 unspecified atom stereocenters. The number of rotatable bonds is 0. The molecule has 0 aromatic heterocycles. The molecule has 10 heavy (non-hydrogen) atoms. The van der Waals surface area contributed by atoms with Crippen molar-refractivity contribution >= 4 is 0 Å². The maximum Gasteiger partial charge on any atom is 0.0565 e. The third-order valence-corrected chi connectivity index (χ3v) is 2.21. The van der Waals surface area contributed by atoms with Gasteiger partial charge in [0.05, 0.1) is 6.17 Å². The van der Waals surface area contributed by atoms with Gasteiger partial charge in [-0.15, -0.1) is 0 Å². The third kappa shape index (κ3) is 1.70. The first kappa shape index (κ1) is 8.02. The summed E-state index contributed by atoms with van der Waals surface area (Å²) >= 11 is 0. The van der Waals surface area contributed by atoms with Gasteiger partial charge in [0.1, 0.15) is 0 Å². The standard InChI is InChI=1S/C8H18N2/c1-7-9-5-8(2,3)6-10(7)4/h7,9H,5-6H2,1-4H3. The van der Waals surface area contributed by atoms with Crippen molar-refractivity contribution in [3.63, 3.8) is 0 Å². The van der Waals surface area contributed by atoms with Crippen LogP contribution in [-0.2, 0) is 0 Å². The minimum atomic E-state index is 0.446. The Morgan fingerprint density at radius 1 is 1.50 bits per heavy atom.